The van der Waals surface area contributed by atoms with Crippen LogP contribution in [0.5, 0.6) is 11.5 Å². The highest BCUT2D eigenvalue weighted by atomic mass is 35.5. The second kappa shape index (κ2) is 12.2. The zero-order valence-electron chi connectivity index (χ0n) is 21.5. The molecule has 3 aliphatic heterocycles. The molecule has 3 aromatic rings. The van der Waals surface area contributed by atoms with E-state index in [1.807, 2.05) is 36.4 Å². The Labute approximate surface area is 227 Å². The Balaban J connectivity index is 0.000000155. The summed E-state index contributed by atoms with van der Waals surface area (Å²) in [7, 11) is 0. The number of ether oxygens (including phenoxy) is 2. The molecule has 4 heterocycles. The smallest absolute Gasteiger partial charge is 0.222 e. The van der Waals surface area contributed by atoms with Gasteiger partial charge in [0.25, 0.3) is 0 Å². The Bertz CT molecular complexity index is 1280. The van der Waals surface area contributed by atoms with Crippen molar-refractivity contribution >= 4 is 34.2 Å². The first-order valence-corrected chi connectivity index (χ1v) is 13.7. The van der Waals surface area contributed by atoms with E-state index in [0.29, 0.717) is 30.5 Å². The van der Waals surface area contributed by atoms with E-state index in [4.69, 9.17) is 26.8 Å². The minimum Gasteiger partial charge on any atom is -0.486 e. The summed E-state index contributed by atoms with van der Waals surface area (Å²) in [6.45, 7) is 5.95. The van der Waals surface area contributed by atoms with Crippen LogP contribution in [-0.2, 0) is 11.2 Å². The molecule has 1 atom stereocenters. The third kappa shape index (κ3) is 6.48. The van der Waals surface area contributed by atoms with E-state index in [2.05, 4.69) is 14.8 Å². The van der Waals surface area contributed by atoms with Gasteiger partial charge in [-0.1, -0.05) is 11.6 Å². The lowest BCUT2D eigenvalue weighted by Gasteiger charge is -2.20. The van der Waals surface area contributed by atoms with Crippen molar-refractivity contribution in [1.82, 2.24) is 9.88 Å². The quantitative estimate of drug-likeness (QED) is 0.482. The predicted molar refractivity (Wildman–Crippen MR) is 148 cm³/mol. The summed E-state index contributed by atoms with van der Waals surface area (Å²) in [5.41, 5.74) is 7.25. The molecule has 0 aliphatic carbocycles. The normalized spacial score (nSPS) is 18.9. The average molecular weight is 541 g/mol. The number of aryl methyl sites for hydroxylation is 1. The molecule has 9 heteroatoms. The van der Waals surface area contributed by atoms with Crippen molar-refractivity contribution < 1.29 is 18.7 Å². The number of anilines is 1. The van der Waals surface area contributed by atoms with Gasteiger partial charge < -0.3 is 25.0 Å². The second-order valence-electron chi connectivity index (χ2n) is 10.1. The fraction of sp³-hybridized carbons (Fsp3) is 0.448. The predicted octanol–water partition coefficient (Wildman–Crippen LogP) is 4.83. The molecule has 1 aromatic heterocycles. The maximum Gasteiger partial charge on any atom is 0.222 e. The van der Waals surface area contributed by atoms with Crippen LogP contribution in [0.1, 0.15) is 31.2 Å². The maximum atomic E-state index is 13.8. The van der Waals surface area contributed by atoms with Crippen LogP contribution in [0.25, 0.3) is 10.9 Å². The summed E-state index contributed by atoms with van der Waals surface area (Å²) >= 11 is 5.95. The highest BCUT2D eigenvalue weighted by Gasteiger charge is 2.27. The van der Waals surface area contributed by atoms with Gasteiger partial charge in [0.05, 0.1) is 11.4 Å². The highest BCUT2D eigenvalue weighted by molar-refractivity contribution is 6.31. The number of nitrogens with two attached hydrogens (primary N) is 1. The molecule has 3 aliphatic rings. The minimum absolute atomic E-state index is 0.0669. The number of likely N-dealkylation sites (tertiary alicyclic amines) is 1. The molecule has 1 unspecified atom stereocenters. The first-order chi connectivity index (χ1) is 18.5. The number of carbonyl (C=O) groups is 1. The average Bonchev–Trinajstić information content (AvgIpc) is 3.62. The molecule has 0 radical (unpaired) electrons. The van der Waals surface area contributed by atoms with E-state index in [-0.39, 0.29) is 23.4 Å². The number of amides is 1. The van der Waals surface area contributed by atoms with Crippen molar-refractivity contribution in [3.8, 4) is 11.5 Å². The largest absolute Gasteiger partial charge is 0.486 e. The Kier molecular flexibility index (Phi) is 8.49. The lowest BCUT2D eigenvalue weighted by Crippen LogP contribution is -2.27. The first-order valence-electron chi connectivity index (χ1n) is 13.4. The Morgan fingerprint density at radius 2 is 1.89 bits per heavy atom. The summed E-state index contributed by atoms with van der Waals surface area (Å²) in [6.07, 6.45) is 5.40. The highest BCUT2D eigenvalue weighted by Crippen LogP contribution is 2.34. The molecule has 2 saturated heterocycles. The topological polar surface area (TPSA) is 80.9 Å². The zero-order valence-corrected chi connectivity index (χ0v) is 22.3. The van der Waals surface area contributed by atoms with Crippen molar-refractivity contribution in [2.75, 3.05) is 50.8 Å². The van der Waals surface area contributed by atoms with E-state index in [0.717, 1.165) is 54.6 Å². The van der Waals surface area contributed by atoms with Gasteiger partial charge >= 0.3 is 0 Å². The monoisotopic (exact) mass is 540 g/mol. The van der Waals surface area contributed by atoms with E-state index in [9.17, 15) is 9.18 Å². The van der Waals surface area contributed by atoms with Gasteiger partial charge in [-0.2, -0.15) is 0 Å². The molecule has 0 saturated carbocycles. The number of nitrogens with zero attached hydrogens (tertiary/aromatic N) is 3. The number of primary amides is 1. The number of carbonyl (C=O) groups excluding carboxylic acids is 1. The summed E-state index contributed by atoms with van der Waals surface area (Å²) in [4.78, 5) is 20.4. The lowest BCUT2D eigenvalue weighted by atomic mass is 10.1. The minimum atomic E-state index is -0.298. The lowest BCUT2D eigenvalue weighted by molar-refractivity contribution is -0.121. The van der Waals surface area contributed by atoms with Gasteiger partial charge in [-0.3, -0.25) is 4.79 Å². The van der Waals surface area contributed by atoms with Crippen molar-refractivity contribution in [2.45, 2.75) is 32.1 Å². The van der Waals surface area contributed by atoms with E-state index in [1.165, 1.54) is 25.9 Å². The summed E-state index contributed by atoms with van der Waals surface area (Å²) in [5.74, 6) is 1.13. The third-order valence-electron chi connectivity index (χ3n) is 7.35. The number of aromatic nitrogens is 1. The number of hydrogen-bond acceptors (Lipinski definition) is 6. The van der Waals surface area contributed by atoms with Crippen molar-refractivity contribution in [1.29, 1.82) is 0 Å². The van der Waals surface area contributed by atoms with Crippen LogP contribution in [0, 0.1) is 11.7 Å². The molecule has 7 nitrogen and oxygen atoms in total. The van der Waals surface area contributed by atoms with E-state index in [1.54, 1.807) is 6.07 Å². The summed E-state index contributed by atoms with van der Waals surface area (Å²) in [6, 6.07) is 13.1. The number of fused-ring (bicyclic) bond motifs is 2. The van der Waals surface area contributed by atoms with Gasteiger partial charge in [0, 0.05) is 23.5 Å². The van der Waals surface area contributed by atoms with Gasteiger partial charge in [-0.15, -0.1) is 0 Å². The van der Waals surface area contributed by atoms with Gasteiger partial charge in [0.15, 0.2) is 17.3 Å². The Morgan fingerprint density at radius 1 is 1.08 bits per heavy atom. The van der Waals surface area contributed by atoms with Crippen LogP contribution >= 0.6 is 11.6 Å². The van der Waals surface area contributed by atoms with Gasteiger partial charge in [-0.05, 0) is 99.8 Å². The molecule has 0 spiro atoms. The molecular weight excluding hydrogens is 507 g/mol. The Morgan fingerprint density at radius 3 is 2.68 bits per heavy atom. The molecular formula is C29H34ClFN4O3. The number of pyridine rings is 1. The van der Waals surface area contributed by atoms with Crippen LogP contribution in [0.3, 0.4) is 0 Å². The van der Waals surface area contributed by atoms with Gasteiger partial charge in [-0.25, -0.2) is 9.37 Å². The van der Waals surface area contributed by atoms with Crippen LogP contribution in [0.2, 0.25) is 5.02 Å². The molecule has 0 bridgehead atoms. The van der Waals surface area contributed by atoms with Gasteiger partial charge in [0.2, 0.25) is 5.91 Å². The number of hydrogen-bond donors (Lipinski definition) is 1. The molecule has 2 fully saturated rings. The van der Waals surface area contributed by atoms with Crippen molar-refractivity contribution in [3.05, 3.63) is 58.9 Å². The first kappa shape index (κ1) is 26.5. The Hall–Kier alpha value is -3.10. The van der Waals surface area contributed by atoms with E-state index < -0.39 is 0 Å². The fourth-order valence-corrected chi connectivity index (χ4v) is 5.46. The summed E-state index contributed by atoms with van der Waals surface area (Å²) in [5, 5.41) is 1.72. The van der Waals surface area contributed by atoms with Crippen LogP contribution in [0.15, 0.2) is 42.5 Å². The van der Waals surface area contributed by atoms with Gasteiger partial charge in [0.1, 0.15) is 19.0 Å². The van der Waals surface area contributed by atoms with Crippen molar-refractivity contribution in [2.24, 2.45) is 11.7 Å². The molecule has 202 valence electrons. The van der Waals surface area contributed by atoms with E-state index >= 15 is 0 Å². The molecule has 6 rings (SSSR count). The molecule has 2 aromatic carbocycles. The van der Waals surface area contributed by atoms with Crippen LogP contribution < -0.4 is 20.1 Å². The molecule has 38 heavy (non-hydrogen) atoms. The zero-order chi connectivity index (χ0) is 26.5. The number of halogens is 2. The van der Waals surface area contributed by atoms with Crippen molar-refractivity contribution in [3.63, 3.8) is 0 Å². The second-order valence-corrected chi connectivity index (χ2v) is 10.5. The number of rotatable bonds is 6. The van der Waals surface area contributed by atoms with Crippen LogP contribution in [0.4, 0.5) is 10.2 Å². The standard InChI is InChI=1S/C15H20FNO2.C14H14ClN3O/c16-13-10-12(4-3-7-17-5-1-2-6-17)11-14-15(13)19-9-8-18-14;15-11-2-3-12-9(7-11)1-4-13(17-12)18-6-5-10(8-18)14(16)19/h10-11H,1-9H2;1-4,7,10H,5-6,8H2,(H2,16,19). The van der Waals surface area contributed by atoms with Crippen LogP contribution in [-0.4, -0.2) is 61.7 Å². The number of benzene rings is 2. The maximum absolute atomic E-state index is 13.8. The fourth-order valence-electron chi connectivity index (χ4n) is 5.28. The molecule has 2 N–H and O–H groups in total. The third-order valence-corrected chi connectivity index (χ3v) is 7.58. The summed E-state index contributed by atoms with van der Waals surface area (Å²) < 4.78 is 24.6. The SMILES string of the molecule is Fc1cc(CCCN2CCCC2)cc2c1OCCO2.NC(=O)C1CCN(c2ccc3cc(Cl)ccc3n2)C1. The molecule has 1 amide bonds.